The minimum atomic E-state index is 0.0256. The third-order valence-electron chi connectivity index (χ3n) is 4.48. The highest BCUT2D eigenvalue weighted by Crippen LogP contribution is 2.36. The fourth-order valence-corrected chi connectivity index (χ4v) is 3.87. The van der Waals surface area contributed by atoms with Crippen LogP contribution in [0.5, 0.6) is 0 Å². The van der Waals surface area contributed by atoms with E-state index in [1.54, 1.807) is 0 Å². The lowest BCUT2D eigenvalue weighted by atomic mass is 9.79. The zero-order chi connectivity index (χ0) is 15.0. The van der Waals surface area contributed by atoms with Crippen LogP contribution in [0.4, 0.5) is 0 Å². The van der Waals surface area contributed by atoms with Gasteiger partial charge in [-0.25, -0.2) is 0 Å². The van der Waals surface area contributed by atoms with Gasteiger partial charge in [0.15, 0.2) is 0 Å². The van der Waals surface area contributed by atoms with Crippen LogP contribution in [-0.2, 0) is 12.8 Å². The van der Waals surface area contributed by atoms with Crippen LogP contribution in [0.2, 0.25) is 0 Å². The van der Waals surface area contributed by atoms with Crippen molar-refractivity contribution < 1.29 is 0 Å². The lowest BCUT2D eigenvalue weighted by molar-refractivity contribution is 0.354. The smallest absolute Gasteiger partial charge is 0.0699 e. The van der Waals surface area contributed by atoms with Gasteiger partial charge in [-0.3, -0.25) is 4.68 Å². The minimum Gasteiger partial charge on any atom is -0.322 e. The zero-order valence-electron chi connectivity index (χ0n) is 12.6. The van der Waals surface area contributed by atoms with Crippen molar-refractivity contribution in [3.8, 4) is 0 Å². The van der Waals surface area contributed by atoms with Crippen molar-refractivity contribution in [2.24, 2.45) is 11.7 Å². The van der Waals surface area contributed by atoms with Gasteiger partial charge in [-0.2, -0.15) is 5.10 Å². The number of nitrogens with zero attached hydrogens (tertiary/aromatic N) is 2. The summed E-state index contributed by atoms with van der Waals surface area (Å²) in [6.45, 7) is 4.29. The van der Waals surface area contributed by atoms with E-state index in [-0.39, 0.29) is 6.04 Å². The molecule has 2 atom stereocenters. The summed E-state index contributed by atoms with van der Waals surface area (Å²) in [5.74, 6) is 0.477. The van der Waals surface area contributed by atoms with Crippen molar-refractivity contribution in [3.63, 3.8) is 0 Å². The normalized spacial score (nSPS) is 19.6. The van der Waals surface area contributed by atoms with Gasteiger partial charge < -0.3 is 5.73 Å². The largest absolute Gasteiger partial charge is 0.322 e. The summed E-state index contributed by atoms with van der Waals surface area (Å²) >= 11 is 3.62. The Bertz CT molecular complexity index is 633. The average Bonchev–Trinajstić information content (AvgIpc) is 2.88. The summed E-state index contributed by atoms with van der Waals surface area (Å²) in [5.41, 5.74) is 10.7. The fourth-order valence-electron chi connectivity index (χ4n) is 3.33. The molecule has 2 aromatic rings. The maximum Gasteiger partial charge on any atom is 0.0699 e. The highest BCUT2D eigenvalue weighted by Gasteiger charge is 2.29. The summed E-state index contributed by atoms with van der Waals surface area (Å²) in [4.78, 5) is 0. The SMILES string of the molecule is CC(C)n1ncc(Br)c1C(N)C1CCc2ccccc2C1. The Kier molecular flexibility index (Phi) is 4.18. The Hall–Kier alpha value is -1.13. The van der Waals surface area contributed by atoms with Crippen LogP contribution in [0.15, 0.2) is 34.9 Å². The quantitative estimate of drug-likeness (QED) is 0.910. The van der Waals surface area contributed by atoms with Gasteiger partial charge in [0.1, 0.15) is 0 Å². The Morgan fingerprint density at radius 1 is 1.29 bits per heavy atom. The topological polar surface area (TPSA) is 43.8 Å². The molecule has 2 unspecified atom stereocenters. The molecule has 1 heterocycles. The molecule has 0 spiro atoms. The zero-order valence-corrected chi connectivity index (χ0v) is 14.2. The Balaban J connectivity index is 1.87. The number of halogens is 1. The first-order valence-electron chi connectivity index (χ1n) is 7.63. The molecule has 1 aliphatic rings. The molecule has 1 aromatic carbocycles. The van der Waals surface area contributed by atoms with Gasteiger partial charge in [0, 0.05) is 6.04 Å². The summed E-state index contributed by atoms with van der Waals surface area (Å²) in [5, 5.41) is 4.47. The monoisotopic (exact) mass is 347 g/mol. The number of fused-ring (bicyclic) bond motifs is 1. The summed E-state index contributed by atoms with van der Waals surface area (Å²) < 4.78 is 3.08. The molecular formula is C17H22BrN3. The second kappa shape index (κ2) is 5.93. The first-order valence-corrected chi connectivity index (χ1v) is 8.42. The van der Waals surface area contributed by atoms with Crippen molar-refractivity contribution >= 4 is 15.9 Å². The fraction of sp³-hybridized carbons (Fsp3) is 0.471. The first kappa shape index (κ1) is 14.8. The van der Waals surface area contributed by atoms with Gasteiger partial charge in [0.05, 0.1) is 22.4 Å². The average molecular weight is 348 g/mol. The third kappa shape index (κ3) is 2.79. The number of hydrogen-bond acceptors (Lipinski definition) is 2. The van der Waals surface area contributed by atoms with Crippen molar-refractivity contribution in [3.05, 3.63) is 51.8 Å². The summed E-state index contributed by atoms with van der Waals surface area (Å²) in [6, 6.07) is 9.09. The first-order chi connectivity index (χ1) is 10.1. The molecule has 0 fully saturated rings. The highest BCUT2D eigenvalue weighted by molar-refractivity contribution is 9.10. The van der Waals surface area contributed by atoms with Crippen LogP contribution in [0, 0.1) is 5.92 Å². The standard InChI is InChI=1S/C17H22BrN3/c1-11(2)21-17(15(18)10-20-21)16(19)14-8-7-12-5-3-4-6-13(12)9-14/h3-6,10-11,14,16H,7-9,19H2,1-2H3. The summed E-state index contributed by atoms with van der Waals surface area (Å²) in [7, 11) is 0. The Morgan fingerprint density at radius 3 is 2.71 bits per heavy atom. The molecule has 0 saturated carbocycles. The second-order valence-corrected chi connectivity index (χ2v) is 7.07. The van der Waals surface area contributed by atoms with E-state index in [1.165, 1.54) is 11.1 Å². The van der Waals surface area contributed by atoms with Crippen LogP contribution in [0.25, 0.3) is 0 Å². The van der Waals surface area contributed by atoms with E-state index in [0.717, 1.165) is 29.4 Å². The molecule has 3 rings (SSSR count). The number of benzene rings is 1. The van der Waals surface area contributed by atoms with Crippen LogP contribution < -0.4 is 5.73 Å². The molecule has 2 N–H and O–H groups in total. The van der Waals surface area contributed by atoms with Crippen LogP contribution in [-0.4, -0.2) is 9.78 Å². The second-order valence-electron chi connectivity index (χ2n) is 6.21. The molecule has 4 heteroatoms. The third-order valence-corrected chi connectivity index (χ3v) is 5.10. The summed E-state index contributed by atoms with van der Waals surface area (Å²) in [6.07, 6.45) is 5.20. The lowest BCUT2D eigenvalue weighted by Crippen LogP contribution is -2.29. The molecule has 1 aromatic heterocycles. The van der Waals surface area contributed by atoms with Crippen molar-refractivity contribution in [2.75, 3.05) is 0 Å². The molecule has 3 nitrogen and oxygen atoms in total. The van der Waals surface area contributed by atoms with E-state index in [2.05, 4.69) is 63.8 Å². The molecule has 1 aliphatic carbocycles. The molecule has 0 aliphatic heterocycles. The maximum atomic E-state index is 6.62. The predicted octanol–water partition coefficient (Wildman–Crippen LogP) is 4.03. The number of aryl methyl sites for hydroxylation is 1. The van der Waals surface area contributed by atoms with Gasteiger partial charge in [0.2, 0.25) is 0 Å². The number of hydrogen-bond donors (Lipinski definition) is 1. The van der Waals surface area contributed by atoms with E-state index in [1.807, 2.05) is 6.20 Å². The van der Waals surface area contributed by atoms with Crippen LogP contribution in [0.1, 0.15) is 49.2 Å². The van der Waals surface area contributed by atoms with Crippen molar-refractivity contribution in [2.45, 2.75) is 45.2 Å². The molecule has 0 radical (unpaired) electrons. The number of rotatable bonds is 3. The van der Waals surface area contributed by atoms with E-state index in [4.69, 9.17) is 5.73 Å². The Morgan fingerprint density at radius 2 is 2.00 bits per heavy atom. The molecule has 0 amide bonds. The van der Waals surface area contributed by atoms with E-state index < -0.39 is 0 Å². The molecule has 21 heavy (non-hydrogen) atoms. The van der Waals surface area contributed by atoms with E-state index >= 15 is 0 Å². The van der Waals surface area contributed by atoms with E-state index in [9.17, 15) is 0 Å². The minimum absolute atomic E-state index is 0.0256. The highest BCUT2D eigenvalue weighted by atomic mass is 79.9. The maximum absolute atomic E-state index is 6.62. The van der Waals surface area contributed by atoms with Gasteiger partial charge in [-0.15, -0.1) is 0 Å². The van der Waals surface area contributed by atoms with Crippen molar-refractivity contribution in [1.29, 1.82) is 0 Å². The molecule has 112 valence electrons. The van der Waals surface area contributed by atoms with Crippen LogP contribution >= 0.6 is 15.9 Å². The molecular weight excluding hydrogens is 326 g/mol. The Labute approximate surface area is 134 Å². The molecule has 0 saturated heterocycles. The van der Waals surface area contributed by atoms with Crippen LogP contribution in [0.3, 0.4) is 0 Å². The van der Waals surface area contributed by atoms with Gasteiger partial charge >= 0.3 is 0 Å². The van der Waals surface area contributed by atoms with Gasteiger partial charge in [-0.05, 0) is 66.1 Å². The van der Waals surface area contributed by atoms with Crippen molar-refractivity contribution in [1.82, 2.24) is 9.78 Å². The van der Waals surface area contributed by atoms with Gasteiger partial charge in [0.25, 0.3) is 0 Å². The predicted molar refractivity (Wildman–Crippen MR) is 89.2 cm³/mol. The number of nitrogens with two attached hydrogens (primary N) is 1. The number of aromatic nitrogens is 2. The van der Waals surface area contributed by atoms with E-state index in [0.29, 0.717) is 12.0 Å². The van der Waals surface area contributed by atoms with Gasteiger partial charge in [-0.1, -0.05) is 24.3 Å². The molecule has 0 bridgehead atoms. The lowest BCUT2D eigenvalue weighted by Gasteiger charge is -2.30.